The van der Waals surface area contributed by atoms with E-state index in [-0.39, 0.29) is 0 Å². The van der Waals surface area contributed by atoms with Crippen LogP contribution < -0.4 is 5.32 Å². The Balaban J connectivity index is 2.47. The Hall–Kier alpha value is -0.760. The molecule has 0 aromatic carbocycles. The van der Waals surface area contributed by atoms with Crippen molar-refractivity contribution in [1.82, 2.24) is 4.98 Å². The van der Waals surface area contributed by atoms with Gasteiger partial charge in [0.1, 0.15) is 5.15 Å². The number of hydrogen-bond acceptors (Lipinski definition) is 2. The van der Waals surface area contributed by atoms with Crippen LogP contribution in [0.1, 0.15) is 39.5 Å². The third kappa shape index (κ3) is 4.52. The summed E-state index contributed by atoms with van der Waals surface area (Å²) in [6, 6.07) is 4.34. The van der Waals surface area contributed by atoms with E-state index >= 15 is 0 Å². The molecule has 1 aromatic heterocycles. The van der Waals surface area contributed by atoms with E-state index in [0.717, 1.165) is 12.1 Å². The van der Waals surface area contributed by atoms with Gasteiger partial charge in [-0.2, -0.15) is 0 Å². The lowest BCUT2D eigenvalue weighted by molar-refractivity contribution is 0.593. The summed E-state index contributed by atoms with van der Waals surface area (Å²) in [4.78, 5) is 4.05. The summed E-state index contributed by atoms with van der Waals surface area (Å²) >= 11 is 5.73. The Morgan fingerprint density at radius 3 is 2.73 bits per heavy atom. The maximum Gasteiger partial charge on any atom is 0.129 e. The Morgan fingerprint density at radius 1 is 1.40 bits per heavy atom. The smallest absolute Gasteiger partial charge is 0.129 e. The van der Waals surface area contributed by atoms with Crippen molar-refractivity contribution in [3.63, 3.8) is 0 Å². The molecule has 0 aliphatic carbocycles. The fraction of sp³-hybridized carbons (Fsp3) is 0.583. The van der Waals surface area contributed by atoms with Gasteiger partial charge in [-0.15, -0.1) is 0 Å². The van der Waals surface area contributed by atoms with Gasteiger partial charge in [0, 0.05) is 6.04 Å². The molecule has 0 radical (unpaired) electrons. The lowest BCUT2D eigenvalue weighted by atomic mass is 10.1. The molecule has 84 valence electrons. The maximum atomic E-state index is 5.73. The molecule has 1 unspecified atom stereocenters. The van der Waals surface area contributed by atoms with Gasteiger partial charge in [0.05, 0.1) is 11.9 Å². The maximum absolute atomic E-state index is 5.73. The molecule has 1 aromatic rings. The van der Waals surface area contributed by atoms with Crippen molar-refractivity contribution in [3.05, 3.63) is 23.5 Å². The third-order valence-corrected chi connectivity index (χ3v) is 2.72. The first kappa shape index (κ1) is 12.3. The van der Waals surface area contributed by atoms with Gasteiger partial charge in [-0.3, -0.25) is 0 Å². The highest BCUT2D eigenvalue weighted by atomic mass is 35.5. The van der Waals surface area contributed by atoms with Gasteiger partial charge >= 0.3 is 0 Å². The molecule has 0 bridgehead atoms. The number of pyridine rings is 1. The van der Waals surface area contributed by atoms with Gasteiger partial charge < -0.3 is 5.32 Å². The first-order valence-electron chi connectivity index (χ1n) is 5.64. The van der Waals surface area contributed by atoms with Crippen LogP contribution in [-0.4, -0.2) is 11.0 Å². The van der Waals surface area contributed by atoms with Crippen LogP contribution in [0.25, 0.3) is 0 Å². The van der Waals surface area contributed by atoms with Crippen molar-refractivity contribution in [2.24, 2.45) is 0 Å². The quantitative estimate of drug-likeness (QED) is 0.739. The number of unbranched alkanes of at least 4 members (excludes halogenated alkanes) is 1. The minimum absolute atomic E-state index is 0.544. The van der Waals surface area contributed by atoms with Gasteiger partial charge in [-0.1, -0.05) is 38.3 Å². The van der Waals surface area contributed by atoms with E-state index in [1.165, 1.54) is 19.3 Å². The predicted molar refractivity (Wildman–Crippen MR) is 66.5 cm³/mol. The first-order chi connectivity index (χ1) is 7.26. The van der Waals surface area contributed by atoms with Crippen molar-refractivity contribution >= 4 is 17.3 Å². The van der Waals surface area contributed by atoms with Crippen molar-refractivity contribution in [2.75, 3.05) is 5.32 Å². The van der Waals surface area contributed by atoms with Crippen molar-refractivity contribution in [2.45, 2.75) is 45.6 Å². The fourth-order valence-corrected chi connectivity index (χ4v) is 1.64. The van der Waals surface area contributed by atoms with E-state index in [2.05, 4.69) is 24.1 Å². The fourth-order valence-electron chi connectivity index (χ4n) is 1.53. The normalized spacial score (nSPS) is 12.5. The number of aromatic nitrogens is 1. The number of hydrogen-bond donors (Lipinski definition) is 1. The molecule has 0 saturated heterocycles. The molecule has 1 rings (SSSR count). The first-order valence-corrected chi connectivity index (χ1v) is 6.02. The monoisotopic (exact) mass is 226 g/mol. The molecular formula is C12H19ClN2. The van der Waals surface area contributed by atoms with Gasteiger partial charge in [0.15, 0.2) is 0 Å². The molecule has 0 saturated carbocycles. The summed E-state index contributed by atoms with van der Waals surface area (Å²) in [5.41, 5.74) is 1.06. The van der Waals surface area contributed by atoms with Crippen LogP contribution in [0.5, 0.6) is 0 Å². The van der Waals surface area contributed by atoms with Crippen LogP contribution in [0.4, 0.5) is 5.69 Å². The minimum Gasteiger partial charge on any atom is -0.381 e. The van der Waals surface area contributed by atoms with Crippen molar-refractivity contribution in [1.29, 1.82) is 0 Å². The molecular weight excluding hydrogens is 208 g/mol. The van der Waals surface area contributed by atoms with E-state index in [4.69, 9.17) is 11.6 Å². The summed E-state index contributed by atoms with van der Waals surface area (Å²) in [5, 5.41) is 4.01. The van der Waals surface area contributed by atoms with E-state index in [9.17, 15) is 0 Å². The molecule has 0 amide bonds. The molecule has 0 spiro atoms. The predicted octanol–water partition coefficient (Wildman–Crippen LogP) is 4.12. The van der Waals surface area contributed by atoms with E-state index in [0.29, 0.717) is 11.2 Å². The lowest BCUT2D eigenvalue weighted by Crippen LogP contribution is -2.18. The molecule has 1 atom stereocenters. The number of nitrogens with one attached hydrogen (secondary N) is 1. The second-order valence-corrected chi connectivity index (χ2v) is 4.15. The lowest BCUT2D eigenvalue weighted by Gasteiger charge is -2.17. The molecule has 1 N–H and O–H groups in total. The standard InChI is InChI=1S/C12H19ClN2/c1-3-5-6-10(4-2)15-11-7-8-12(13)14-9-11/h7-10,15H,3-6H2,1-2H3. The van der Waals surface area contributed by atoms with E-state index in [1.807, 2.05) is 12.1 Å². The van der Waals surface area contributed by atoms with Crippen LogP contribution in [0.2, 0.25) is 5.15 Å². The summed E-state index contributed by atoms with van der Waals surface area (Å²) in [6.07, 6.45) is 6.67. The second-order valence-electron chi connectivity index (χ2n) is 3.76. The molecule has 15 heavy (non-hydrogen) atoms. The molecule has 1 heterocycles. The largest absolute Gasteiger partial charge is 0.381 e. The van der Waals surface area contributed by atoms with Crippen molar-refractivity contribution < 1.29 is 0 Å². The van der Waals surface area contributed by atoms with Crippen LogP contribution >= 0.6 is 11.6 Å². The van der Waals surface area contributed by atoms with Gasteiger partial charge in [-0.05, 0) is 25.0 Å². The zero-order chi connectivity index (χ0) is 11.1. The Labute approximate surface area is 97.1 Å². The third-order valence-electron chi connectivity index (χ3n) is 2.50. The molecule has 0 aliphatic heterocycles. The zero-order valence-corrected chi connectivity index (χ0v) is 10.2. The highest BCUT2D eigenvalue weighted by molar-refractivity contribution is 6.29. The second kappa shape index (κ2) is 6.67. The number of nitrogens with zero attached hydrogens (tertiary/aromatic N) is 1. The summed E-state index contributed by atoms with van der Waals surface area (Å²) in [5.74, 6) is 0. The van der Waals surface area contributed by atoms with E-state index in [1.54, 1.807) is 6.20 Å². The Kier molecular flexibility index (Phi) is 5.48. The van der Waals surface area contributed by atoms with Crippen LogP contribution in [0, 0.1) is 0 Å². The van der Waals surface area contributed by atoms with Gasteiger partial charge in [0.25, 0.3) is 0 Å². The van der Waals surface area contributed by atoms with Gasteiger partial charge in [0.2, 0.25) is 0 Å². The number of anilines is 1. The van der Waals surface area contributed by atoms with Gasteiger partial charge in [-0.25, -0.2) is 4.98 Å². The average Bonchev–Trinajstić information content (AvgIpc) is 2.27. The molecule has 0 fully saturated rings. The summed E-state index contributed by atoms with van der Waals surface area (Å²) < 4.78 is 0. The van der Waals surface area contributed by atoms with E-state index < -0.39 is 0 Å². The van der Waals surface area contributed by atoms with Crippen LogP contribution in [0.15, 0.2) is 18.3 Å². The number of rotatable bonds is 6. The summed E-state index contributed by atoms with van der Waals surface area (Å²) in [6.45, 7) is 4.42. The minimum atomic E-state index is 0.544. The number of halogens is 1. The Morgan fingerprint density at radius 2 is 2.20 bits per heavy atom. The molecule has 2 nitrogen and oxygen atoms in total. The molecule has 0 aliphatic rings. The summed E-state index contributed by atoms with van der Waals surface area (Å²) in [7, 11) is 0. The highest BCUT2D eigenvalue weighted by Crippen LogP contribution is 2.14. The topological polar surface area (TPSA) is 24.9 Å². The van der Waals surface area contributed by atoms with Crippen LogP contribution in [0.3, 0.4) is 0 Å². The van der Waals surface area contributed by atoms with Crippen LogP contribution in [-0.2, 0) is 0 Å². The zero-order valence-electron chi connectivity index (χ0n) is 9.46. The SMILES string of the molecule is CCCCC(CC)Nc1ccc(Cl)nc1. The molecule has 3 heteroatoms. The highest BCUT2D eigenvalue weighted by Gasteiger charge is 2.05. The van der Waals surface area contributed by atoms with Crippen molar-refractivity contribution in [3.8, 4) is 0 Å². The Bertz CT molecular complexity index is 271. The average molecular weight is 227 g/mol.